The minimum Gasteiger partial charge on any atom is -0.444 e. The number of anilines is 2. The smallest absolute Gasteiger partial charge is 0.411 e. The highest BCUT2D eigenvalue weighted by molar-refractivity contribution is 5.95. The Morgan fingerprint density at radius 3 is 2.18 bits per heavy atom. The van der Waals surface area contributed by atoms with E-state index in [0.29, 0.717) is 54.0 Å². The lowest BCUT2D eigenvalue weighted by Gasteiger charge is -2.24. The van der Waals surface area contributed by atoms with Crippen molar-refractivity contribution in [3.8, 4) is 5.75 Å². The first-order valence-electron chi connectivity index (χ1n) is 17.1. The zero-order valence-electron chi connectivity index (χ0n) is 30.9. The number of carbonyl (C=O) groups is 4. The molecule has 1 saturated heterocycles. The topological polar surface area (TPSA) is 170 Å². The number of allylic oxidation sites excluding steroid dienone is 3. The predicted octanol–water partition coefficient (Wildman–Crippen LogP) is 6.43. The van der Waals surface area contributed by atoms with Gasteiger partial charge in [-0.3, -0.25) is 19.7 Å². The van der Waals surface area contributed by atoms with Crippen molar-refractivity contribution in [2.75, 3.05) is 37.4 Å². The van der Waals surface area contributed by atoms with Crippen molar-refractivity contribution in [2.45, 2.75) is 85.9 Å². The summed E-state index contributed by atoms with van der Waals surface area (Å²) in [6.45, 7) is 18.0. The molecule has 1 aliphatic rings. The van der Waals surface area contributed by atoms with Gasteiger partial charge in [0.1, 0.15) is 18.4 Å². The molecule has 278 valence electrons. The molecule has 0 bridgehead atoms. The van der Waals surface area contributed by atoms with E-state index in [-0.39, 0.29) is 12.5 Å². The standard InChI is InChI=1S/C26H32N4O6.C7H15NO.C3H6.C2H6/c1-4-18(2)22-12-11-21(14-24(22)36-17-32)30-26(34)35-15-19-7-9-20(10-8-19)29-25(33)23(28-16-31)6-5-13-27-3;1-6(8)7-2-4-9-5-3-7;1-3-2;1-2/h4,7-12,14,16-17,23,27H,5-6,13,15H2,1-3H3,(H,28,31)(H,29,33)(H,30,34);6-7H,2-5,8H2,1H3;3H,1H2,2H3;1-2H3/b18-4-;;;/t23-;;;/m0.../s1. The highest BCUT2D eigenvalue weighted by atomic mass is 16.5. The fourth-order valence-corrected chi connectivity index (χ4v) is 4.54. The minimum absolute atomic E-state index is 0.00680. The lowest BCUT2D eigenvalue weighted by atomic mass is 9.94. The number of rotatable bonds is 15. The maximum absolute atomic E-state index is 12.4. The molecule has 0 radical (unpaired) electrons. The third kappa shape index (κ3) is 18.9. The molecule has 6 N–H and O–H groups in total. The summed E-state index contributed by atoms with van der Waals surface area (Å²) in [7, 11) is 1.82. The Kier molecular flexibility index (Phi) is 25.8. The molecule has 1 heterocycles. The second-order valence-electron chi connectivity index (χ2n) is 11.1. The summed E-state index contributed by atoms with van der Waals surface area (Å²) in [6.07, 6.45) is 7.02. The fourth-order valence-electron chi connectivity index (χ4n) is 4.54. The average molecular weight is 698 g/mol. The van der Waals surface area contributed by atoms with Crippen LogP contribution in [0.1, 0.15) is 78.4 Å². The number of hydrogen-bond acceptors (Lipinski definition) is 9. The summed E-state index contributed by atoms with van der Waals surface area (Å²) in [5, 5.41) is 10.9. The molecule has 2 aromatic carbocycles. The van der Waals surface area contributed by atoms with E-state index in [2.05, 4.69) is 34.8 Å². The van der Waals surface area contributed by atoms with Gasteiger partial charge < -0.3 is 35.9 Å². The second-order valence-corrected chi connectivity index (χ2v) is 11.1. The molecule has 0 aromatic heterocycles. The summed E-state index contributed by atoms with van der Waals surface area (Å²) >= 11 is 0. The Hall–Kier alpha value is -4.52. The lowest BCUT2D eigenvalue weighted by Crippen LogP contribution is -2.40. The summed E-state index contributed by atoms with van der Waals surface area (Å²) in [5.41, 5.74) is 9.05. The van der Waals surface area contributed by atoms with Crippen LogP contribution in [-0.4, -0.2) is 63.8 Å². The normalized spacial score (nSPS) is 13.5. The predicted molar refractivity (Wildman–Crippen MR) is 202 cm³/mol. The molecule has 0 aliphatic carbocycles. The number of nitrogens with two attached hydrogens (primary N) is 1. The molecule has 0 spiro atoms. The van der Waals surface area contributed by atoms with E-state index in [9.17, 15) is 19.2 Å². The van der Waals surface area contributed by atoms with E-state index >= 15 is 0 Å². The molecule has 2 atom stereocenters. The van der Waals surface area contributed by atoms with Gasteiger partial charge in [-0.2, -0.15) is 0 Å². The maximum atomic E-state index is 12.4. The molecule has 50 heavy (non-hydrogen) atoms. The van der Waals surface area contributed by atoms with Crippen LogP contribution in [-0.2, 0) is 30.5 Å². The van der Waals surface area contributed by atoms with Crippen molar-refractivity contribution in [3.05, 3.63) is 72.3 Å². The van der Waals surface area contributed by atoms with Gasteiger partial charge in [0, 0.05) is 42.3 Å². The Labute approximate surface area is 298 Å². The third-order valence-corrected chi connectivity index (χ3v) is 7.37. The zero-order valence-corrected chi connectivity index (χ0v) is 30.9. The first-order chi connectivity index (χ1) is 24.1. The van der Waals surface area contributed by atoms with Crippen molar-refractivity contribution in [1.82, 2.24) is 10.6 Å². The Balaban J connectivity index is 0.00000143. The van der Waals surface area contributed by atoms with Gasteiger partial charge >= 0.3 is 6.09 Å². The van der Waals surface area contributed by atoms with Crippen LogP contribution >= 0.6 is 0 Å². The van der Waals surface area contributed by atoms with Crippen molar-refractivity contribution in [3.63, 3.8) is 0 Å². The van der Waals surface area contributed by atoms with Crippen molar-refractivity contribution in [1.29, 1.82) is 0 Å². The number of ether oxygens (including phenoxy) is 3. The molecule has 0 saturated carbocycles. The molecule has 1 aliphatic heterocycles. The van der Waals surface area contributed by atoms with Crippen LogP contribution in [0.4, 0.5) is 16.2 Å². The van der Waals surface area contributed by atoms with Gasteiger partial charge in [0.25, 0.3) is 6.47 Å². The molecule has 3 amide bonds. The number of amides is 3. The van der Waals surface area contributed by atoms with Crippen molar-refractivity contribution < 1.29 is 33.4 Å². The number of carbonyl (C=O) groups excluding carboxylic acids is 4. The van der Waals surface area contributed by atoms with E-state index in [0.717, 1.165) is 50.2 Å². The summed E-state index contributed by atoms with van der Waals surface area (Å²) < 4.78 is 15.5. The van der Waals surface area contributed by atoms with Gasteiger partial charge in [0.15, 0.2) is 0 Å². The van der Waals surface area contributed by atoms with E-state index in [1.165, 1.54) is 0 Å². The van der Waals surface area contributed by atoms with E-state index in [1.807, 2.05) is 47.7 Å². The van der Waals surface area contributed by atoms with Gasteiger partial charge in [-0.25, -0.2) is 4.79 Å². The Morgan fingerprint density at radius 1 is 1.04 bits per heavy atom. The maximum Gasteiger partial charge on any atom is 0.411 e. The molecular formula is C38H59N5O7. The third-order valence-electron chi connectivity index (χ3n) is 7.37. The number of benzene rings is 2. The van der Waals surface area contributed by atoms with Gasteiger partial charge in [0.2, 0.25) is 12.3 Å². The van der Waals surface area contributed by atoms with Crippen LogP contribution in [0, 0.1) is 5.92 Å². The van der Waals surface area contributed by atoms with Gasteiger partial charge in [-0.15, -0.1) is 6.58 Å². The molecular weight excluding hydrogens is 638 g/mol. The first kappa shape index (κ1) is 45.5. The van der Waals surface area contributed by atoms with Crippen LogP contribution in [0.3, 0.4) is 0 Å². The molecule has 12 heteroatoms. The average Bonchev–Trinajstić information content (AvgIpc) is 3.13. The first-order valence-corrected chi connectivity index (χ1v) is 17.1. The Morgan fingerprint density at radius 2 is 1.66 bits per heavy atom. The second kappa shape index (κ2) is 28.3. The summed E-state index contributed by atoms with van der Waals surface area (Å²) in [6, 6.07) is 11.5. The van der Waals surface area contributed by atoms with Crippen LogP contribution in [0.5, 0.6) is 5.75 Å². The number of hydrogen-bond donors (Lipinski definition) is 5. The SMILES string of the molecule is C/C=C(/C)c1ccc(NC(=O)OCc2ccc(NC(=O)[C@H](CCCNC)NC=O)cc2)cc1OC=O.C=CC.CC.CC(N)C1CCOCC1. The summed E-state index contributed by atoms with van der Waals surface area (Å²) in [4.78, 5) is 46.3. The molecule has 12 nitrogen and oxygen atoms in total. The van der Waals surface area contributed by atoms with Crippen LogP contribution < -0.4 is 31.7 Å². The monoisotopic (exact) mass is 697 g/mol. The molecule has 3 rings (SSSR count). The summed E-state index contributed by atoms with van der Waals surface area (Å²) in [5.74, 6) is 0.720. The van der Waals surface area contributed by atoms with E-state index in [4.69, 9.17) is 19.9 Å². The van der Waals surface area contributed by atoms with Gasteiger partial charge in [-0.1, -0.05) is 38.1 Å². The van der Waals surface area contributed by atoms with Crippen molar-refractivity contribution in [2.24, 2.45) is 11.7 Å². The van der Waals surface area contributed by atoms with Crippen molar-refractivity contribution >= 4 is 41.8 Å². The van der Waals surface area contributed by atoms with E-state index < -0.39 is 12.1 Å². The van der Waals surface area contributed by atoms with Crippen LogP contribution in [0.2, 0.25) is 0 Å². The van der Waals surface area contributed by atoms with Crippen LogP contribution in [0.25, 0.3) is 5.57 Å². The molecule has 1 fully saturated rings. The highest BCUT2D eigenvalue weighted by Gasteiger charge is 2.18. The van der Waals surface area contributed by atoms with Crippen LogP contribution in [0.15, 0.2) is 61.2 Å². The molecule has 2 aromatic rings. The Bertz CT molecular complexity index is 1290. The zero-order chi connectivity index (χ0) is 37.7. The number of nitrogens with one attached hydrogen (secondary N) is 4. The highest BCUT2D eigenvalue weighted by Crippen LogP contribution is 2.29. The van der Waals surface area contributed by atoms with Gasteiger partial charge in [-0.05, 0) is 108 Å². The van der Waals surface area contributed by atoms with E-state index in [1.54, 1.807) is 48.5 Å². The molecule has 1 unspecified atom stereocenters. The largest absolute Gasteiger partial charge is 0.444 e. The fraction of sp³-hybridized carbons (Fsp3) is 0.474. The quantitative estimate of drug-likeness (QED) is 0.0800. The minimum atomic E-state index is -0.677. The lowest BCUT2D eigenvalue weighted by molar-refractivity contribution is -0.121. The van der Waals surface area contributed by atoms with Gasteiger partial charge in [0.05, 0.1) is 0 Å².